The van der Waals surface area contributed by atoms with Crippen LogP contribution in [0.15, 0.2) is 16.8 Å². The minimum Gasteiger partial charge on any atom is -0.394 e. The van der Waals surface area contributed by atoms with Crippen LogP contribution in [0.1, 0.15) is 106 Å². The molecule has 6 aliphatic rings. The van der Waals surface area contributed by atoms with Gasteiger partial charge >= 0.3 is 0 Å². The molecule has 0 spiro atoms. The van der Waals surface area contributed by atoms with Crippen LogP contribution >= 0.6 is 0 Å². The van der Waals surface area contributed by atoms with Crippen LogP contribution in [0.2, 0.25) is 0 Å². The Labute approximate surface area is 264 Å². The highest BCUT2D eigenvalue weighted by molar-refractivity contribution is 5.90. The number of ether oxygens (including phenoxy) is 1. The SMILES string of the molecule is CN/N=C1\CC[C@@]2(C)C(CC[C@@]3(C)C4CC[C@@]5([C@H](O)[C@H]6OC(CO)[C@H](O)C(O)C6O)CCC(C)(C)CC5C4=CCC32)C1(C)C. The second kappa shape index (κ2) is 11.0. The Kier molecular flexibility index (Phi) is 8.24. The lowest BCUT2D eigenvalue weighted by Gasteiger charge is -2.68. The summed E-state index contributed by atoms with van der Waals surface area (Å²) < 4.78 is 6.01. The lowest BCUT2D eigenvalue weighted by atomic mass is 9.36. The number of allylic oxidation sites excluding steroid dienone is 2. The fraction of sp³-hybridized carbons (Fsp3) is 0.917. The largest absolute Gasteiger partial charge is 0.394 e. The zero-order chi connectivity index (χ0) is 32.0. The van der Waals surface area contributed by atoms with E-state index in [1.165, 1.54) is 30.5 Å². The van der Waals surface area contributed by atoms with Crippen molar-refractivity contribution >= 4 is 5.71 Å². The highest BCUT2D eigenvalue weighted by atomic mass is 16.6. The molecular formula is C36H60N2O6. The molecule has 250 valence electrons. The minimum absolute atomic E-state index is 0.0615. The van der Waals surface area contributed by atoms with Crippen molar-refractivity contribution in [2.24, 2.45) is 55.8 Å². The third kappa shape index (κ3) is 4.62. The Morgan fingerprint density at radius 1 is 0.886 bits per heavy atom. The first-order valence-corrected chi connectivity index (χ1v) is 17.5. The standard InChI is InChI=1S/C36H60N2O6/c1-32(2)16-17-36(31(43)30-29(42)28(41)27(40)23(19-39)44-30)15-10-21-20(22(36)18-32)8-9-25-34(21,5)13-11-24-33(3,4)26(38-37-7)12-14-35(24,25)6/h8,21-25,27-31,37,39-43H,9-19H2,1-7H3/b38-26+/t21?,22?,23?,24?,25?,27-,28?,29?,30-,31+,34-,35-,36+/m0/s1. The second-order valence-electron chi connectivity index (χ2n) is 17.6. The van der Waals surface area contributed by atoms with Crippen LogP contribution < -0.4 is 5.43 Å². The summed E-state index contributed by atoms with van der Waals surface area (Å²) in [5.74, 6) is 1.81. The lowest BCUT2D eigenvalue weighted by Crippen LogP contribution is -2.66. The summed E-state index contributed by atoms with van der Waals surface area (Å²) in [5, 5.41) is 59.0. The number of hydrogen-bond acceptors (Lipinski definition) is 8. The molecule has 5 aliphatic carbocycles. The van der Waals surface area contributed by atoms with Crippen LogP contribution in [0.4, 0.5) is 0 Å². The van der Waals surface area contributed by atoms with E-state index < -0.39 is 48.6 Å². The number of nitrogens with one attached hydrogen (secondary N) is 1. The van der Waals surface area contributed by atoms with E-state index in [2.05, 4.69) is 53.0 Å². The van der Waals surface area contributed by atoms with Gasteiger partial charge in [0.2, 0.25) is 0 Å². The molecule has 44 heavy (non-hydrogen) atoms. The maximum Gasteiger partial charge on any atom is 0.113 e. The molecule has 1 saturated heterocycles. The Balaban J connectivity index is 1.36. The Hall–Kier alpha value is -1.03. The Morgan fingerprint density at radius 3 is 2.30 bits per heavy atom. The van der Waals surface area contributed by atoms with Gasteiger partial charge in [0, 0.05) is 23.6 Å². The molecule has 5 fully saturated rings. The normalized spacial score (nSPS) is 51.2. The summed E-state index contributed by atoms with van der Waals surface area (Å²) in [5.41, 5.74) is 6.03. The molecule has 4 saturated carbocycles. The molecule has 0 bridgehead atoms. The number of aliphatic hydroxyl groups is 5. The van der Waals surface area contributed by atoms with Gasteiger partial charge in [0.25, 0.3) is 0 Å². The van der Waals surface area contributed by atoms with Crippen molar-refractivity contribution in [1.82, 2.24) is 5.43 Å². The van der Waals surface area contributed by atoms with Gasteiger partial charge in [0.1, 0.15) is 30.5 Å². The van der Waals surface area contributed by atoms with Gasteiger partial charge in [-0.05, 0) is 104 Å². The Morgan fingerprint density at radius 2 is 1.61 bits per heavy atom. The number of nitrogens with zero attached hydrogens (tertiary/aromatic N) is 1. The summed E-state index contributed by atoms with van der Waals surface area (Å²) in [6, 6.07) is 0. The fourth-order valence-electron chi connectivity index (χ4n) is 12.3. The Bertz CT molecular complexity index is 1170. The first kappa shape index (κ1) is 32.9. The summed E-state index contributed by atoms with van der Waals surface area (Å²) in [6.45, 7) is 14.2. The van der Waals surface area contributed by atoms with Gasteiger partial charge < -0.3 is 35.7 Å². The zero-order valence-corrected chi connectivity index (χ0v) is 28.2. The third-order valence-electron chi connectivity index (χ3n) is 14.8. The molecule has 1 heterocycles. The molecule has 6 rings (SSSR count). The van der Waals surface area contributed by atoms with Gasteiger partial charge in [0.05, 0.1) is 12.7 Å². The van der Waals surface area contributed by atoms with E-state index in [-0.39, 0.29) is 27.6 Å². The fourth-order valence-corrected chi connectivity index (χ4v) is 12.3. The smallest absolute Gasteiger partial charge is 0.113 e. The first-order valence-electron chi connectivity index (χ1n) is 17.5. The van der Waals surface area contributed by atoms with Crippen molar-refractivity contribution < 1.29 is 30.3 Å². The maximum atomic E-state index is 12.2. The molecule has 7 unspecified atom stereocenters. The minimum atomic E-state index is -1.48. The predicted molar refractivity (Wildman–Crippen MR) is 171 cm³/mol. The maximum absolute atomic E-state index is 12.2. The molecule has 6 N–H and O–H groups in total. The van der Waals surface area contributed by atoms with Crippen LogP contribution in [0.25, 0.3) is 0 Å². The molecule has 8 heteroatoms. The average molecular weight is 617 g/mol. The highest BCUT2D eigenvalue weighted by Gasteiger charge is 2.66. The van der Waals surface area contributed by atoms with E-state index in [0.29, 0.717) is 17.8 Å². The summed E-state index contributed by atoms with van der Waals surface area (Å²) in [4.78, 5) is 0. The van der Waals surface area contributed by atoms with Crippen LogP contribution in [0, 0.1) is 50.7 Å². The van der Waals surface area contributed by atoms with Crippen molar-refractivity contribution in [3.63, 3.8) is 0 Å². The number of fused-ring (bicyclic) bond motifs is 7. The lowest BCUT2D eigenvalue weighted by molar-refractivity contribution is -0.270. The highest BCUT2D eigenvalue weighted by Crippen LogP contribution is 2.72. The van der Waals surface area contributed by atoms with Gasteiger partial charge in [-0.25, -0.2) is 0 Å². The zero-order valence-electron chi connectivity index (χ0n) is 28.2. The molecule has 0 aromatic carbocycles. The van der Waals surface area contributed by atoms with Gasteiger partial charge in [-0.2, -0.15) is 5.10 Å². The number of rotatable bonds is 4. The van der Waals surface area contributed by atoms with Crippen LogP contribution in [0.3, 0.4) is 0 Å². The van der Waals surface area contributed by atoms with Crippen molar-refractivity contribution in [3.05, 3.63) is 11.6 Å². The molecule has 8 nitrogen and oxygen atoms in total. The van der Waals surface area contributed by atoms with E-state index in [9.17, 15) is 25.5 Å². The van der Waals surface area contributed by atoms with Gasteiger partial charge in [-0.3, -0.25) is 0 Å². The van der Waals surface area contributed by atoms with Crippen LogP contribution in [-0.2, 0) is 4.74 Å². The summed E-state index contributed by atoms with van der Waals surface area (Å²) in [7, 11) is 1.91. The quantitative estimate of drug-likeness (QED) is 0.206. The predicted octanol–water partition coefficient (Wildman–Crippen LogP) is 4.18. The third-order valence-corrected chi connectivity index (χ3v) is 14.8. The molecule has 0 aromatic heterocycles. The monoisotopic (exact) mass is 616 g/mol. The number of aliphatic hydroxyl groups excluding tert-OH is 5. The second-order valence-corrected chi connectivity index (χ2v) is 17.6. The van der Waals surface area contributed by atoms with E-state index >= 15 is 0 Å². The van der Waals surface area contributed by atoms with E-state index in [1.54, 1.807) is 0 Å². The van der Waals surface area contributed by atoms with Gasteiger partial charge in [-0.15, -0.1) is 0 Å². The summed E-state index contributed by atoms with van der Waals surface area (Å²) in [6.07, 6.45) is 5.47. The number of hydrazone groups is 1. The first-order chi connectivity index (χ1) is 20.6. The van der Waals surface area contributed by atoms with Crippen molar-refractivity contribution in [3.8, 4) is 0 Å². The number of hydrogen-bond donors (Lipinski definition) is 6. The van der Waals surface area contributed by atoms with E-state index in [1.807, 2.05) is 7.05 Å². The molecule has 1 aliphatic heterocycles. The van der Waals surface area contributed by atoms with E-state index in [0.717, 1.165) is 44.9 Å². The van der Waals surface area contributed by atoms with Crippen LogP contribution in [0.5, 0.6) is 0 Å². The van der Waals surface area contributed by atoms with Gasteiger partial charge in [0.15, 0.2) is 0 Å². The topological polar surface area (TPSA) is 135 Å². The van der Waals surface area contributed by atoms with Crippen molar-refractivity contribution in [2.75, 3.05) is 13.7 Å². The van der Waals surface area contributed by atoms with Crippen molar-refractivity contribution in [2.45, 2.75) is 142 Å². The van der Waals surface area contributed by atoms with Gasteiger partial charge in [-0.1, -0.05) is 53.2 Å². The summed E-state index contributed by atoms with van der Waals surface area (Å²) >= 11 is 0. The van der Waals surface area contributed by atoms with E-state index in [4.69, 9.17) is 9.84 Å². The molecule has 0 amide bonds. The van der Waals surface area contributed by atoms with Crippen LogP contribution in [-0.4, -0.2) is 81.5 Å². The molecule has 13 atom stereocenters. The van der Waals surface area contributed by atoms with Crippen molar-refractivity contribution in [1.29, 1.82) is 0 Å². The molecular weight excluding hydrogens is 556 g/mol. The average Bonchev–Trinajstić information content (AvgIpc) is 2.96. The molecule has 0 aromatic rings. The molecule has 0 radical (unpaired) electrons.